The third kappa shape index (κ3) is 5.27. The second-order valence-corrected chi connectivity index (χ2v) is 7.64. The Kier molecular flexibility index (Phi) is 6.52. The van der Waals surface area contributed by atoms with Crippen molar-refractivity contribution < 1.29 is 31.9 Å². The van der Waals surface area contributed by atoms with Gasteiger partial charge >= 0.3 is 12.1 Å². The van der Waals surface area contributed by atoms with Crippen LogP contribution in [0.25, 0.3) is 11.5 Å². The number of pyridine rings is 1. The summed E-state index contributed by atoms with van der Waals surface area (Å²) < 4.78 is 56.0. The van der Waals surface area contributed by atoms with E-state index in [1.807, 2.05) is 0 Å². The number of esters is 1. The number of hydrogen-bond acceptors (Lipinski definition) is 7. The van der Waals surface area contributed by atoms with Crippen LogP contribution in [0.5, 0.6) is 5.75 Å². The van der Waals surface area contributed by atoms with E-state index in [9.17, 15) is 18.0 Å². The zero-order chi connectivity index (χ0) is 23.4. The molecule has 1 saturated heterocycles. The predicted octanol–water partition coefficient (Wildman–Crippen LogP) is 4.72. The van der Waals surface area contributed by atoms with Gasteiger partial charge in [0, 0.05) is 24.8 Å². The van der Waals surface area contributed by atoms with Gasteiger partial charge in [0.1, 0.15) is 30.1 Å². The molecule has 1 aliphatic heterocycles. The number of rotatable bonds is 6. The summed E-state index contributed by atoms with van der Waals surface area (Å²) in [6, 6.07) is 9.39. The maximum atomic E-state index is 13.3. The van der Waals surface area contributed by atoms with Crippen molar-refractivity contribution in [2.45, 2.75) is 25.6 Å². The summed E-state index contributed by atoms with van der Waals surface area (Å²) in [5.41, 5.74) is 0.366. The molecule has 33 heavy (non-hydrogen) atoms. The minimum absolute atomic E-state index is 0.0909. The molecule has 3 heterocycles. The van der Waals surface area contributed by atoms with Gasteiger partial charge in [0.15, 0.2) is 0 Å². The molecule has 2 aromatic heterocycles. The van der Waals surface area contributed by atoms with Crippen LogP contribution in [-0.2, 0) is 22.3 Å². The van der Waals surface area contributed by atoms with Gasteiger partial charge in [-0.1, -0.05) is 0 Å². The standard InChI is InChI=1S/C23H22F3N3O4/c1-31-18-8-6-15(7-9-18)21-28-17(13-32-21)14-33-22(30)16-4-3-11-29(12-16)20-19(23(24,25)26)5-2-10-27-20/h2,5-10,13,16H,3-4,11-12,14H2,1H3. The summed E-state index contributed by atoms with van der Waals surface area (Å²) in [6.45, 7) is 0.402. The van der Waals surface area contributed by atoms with Crippen LogP contribution in [0.1, 0.15) is 24.1 Å². The van der Waals surface area contributed by atoms with Crippen LogP contribution < -0.4 is 9.64 Å². The number of aromatic nitrogens is 2. The van der Waals surface area contributed by atoms with Crippen molar-refractivity contribution in [3.8, 4) is 17.2 Å². The fourth-order valence-electron chi connectivity index (χ4n) is 3.73. The van der Waals surface area contributed by atoms with Crippen molar-refractivity contribution in [2.24, 2.45) is 5.92 Å². The molecule has 0 aliphatic carbocycles. The van der Waals surface area contributed by atoms with Crippen molar-refractivity contribution in [2.75, 3.05) is 25.1 Å². The lowest BCUT2D eigenvalue weighted by Gasteiger charge is -2.33. The number of nitrogens with zero attached hydrogens (tertiary/aromatic N) is 3. The number of methoxy groups -OCH3 is 1. The van der Waals surface area contributed by atoms with Crippen molar-refractivity contribution in [3.63, 3.8) is 0 Å². The molecule has 1 aromatic carbocycles. The highest BCUT2D eigenvalue weighted by Crippen LogP contribution is 2.36. The topological polar surface area (TPSA) is 77.7 Å². The summed E-state index contributed by atoms with van der Waals surface area (Å²) in [4.78, 5) is 22.4. The smallest absolute Gasteiger partial charge is 0.419 e. The van der Waals surface area contributed by atoms with E-state index < -0.39 is 23.6 Å². The van der Waals surface area contributed by atoms with Crippen LogP contribution in [0, 0.1) is 5.92 Å². The number of carbonyl (C=O) groups is 1. The van der Waals surface area contributed by atoms with E-state index in [0.717, 1.165) is 11.6 Å². The number of hydrogen-bond donors (Lipinski definition) is 0. The maximum absolute atomic E-state index is 13.3. The molecule has 7 nitrogen and oxygen atoms in total. The van der Waals surface area contributed by atoms with Crippen molar-refractivity contribution in [1.29, 1.82) is 0 Å². The van der Waals surface area contributed by atoms with Gasteiger partial charge in [0.05, 0.1) is 18.6 Å². The summed E-state index contributed by atoms with van der Waals surface area (Å²) in [5.74, 6) is -0.132. The quantitative estimate of drug-likeness (QED) is 0.492. The molecule has 1 fully saturated rings. The van der Waals surface area contributed by atoms with E-state index in [-0.39, 0.29) is 19.0 Å². The van der Waals surface area contributed by atoms with Gasteiger partial charge in [-0.3, -0.25) is 4.79 Å². The summed E-state index contributed by atoms with van der Waals surface area (Å²) in [7, 11) is 1.57. The Morgan fingerprint density at radius 2 is 2.03 bits per heavy atom. The Balaban J connectivity index is 1.37. The minimum Gasteiger partial charge on any atom is -0.497 e. The molecule has 0 spiro atoms. The fraction of sp³-hybridized carbons (Fsp3) is 0.348. The number of anilines is 1. The van der Waals surface area contributed by atoms with Crippen LogP contribution in [0.4, 0.5) is 19.0 Å². The average molecular weight is 461 g/mol. The first-order valence-electron chi connectivity index (χ1n) is 10.4. The zero-order valence-electron chi connectivity index (χ0n) is 17.8. The molecule has 0 bridgehead atoms. The minimum atomic E-state index is -4.52. The number of piperidine rings is 1. The molecular formula is C23H22F3N3O4. The predicted molar refractivity (Wildman–Crippen MR) is 112 cm³/mol. The van der Waals surface area contributed by atoms with Gasteiger partial charge in [0.2, 0.25) is 5.89 Å². The molecule has 174 valence electrons. The molecular weight excluding hydrogens is 439 g/mol. The third-order valence-corrected chi connectivity index (χ3v) is 5.40. The average Bonchev–Trinajstić information content (AvgIpc) is 3.31. The van der Waals surface area contributed by atoms with E-state index >= 15 is 0 Å². The molecule has 1 atom stereocenters. The van der Waals surface area contributed by atoms with Crippen LogP contribution in [0.2, 0.25) is 0 Å². The van der Waals surface area contributed by atoms with Gasteiger partial charge < -0.3 is 18.8 Å². The molecule has 4 rings (SSSR count). The second-order valence-electron chi connectivity index (χ2n) is 7.64. The molecule has 10 heteroatoms. The van der Waals surface area contributed by atoms with Gasteiger partial charge in [-0.05, 0) is 49.2 Å². The van der Waals surface area contributed by atoms with Crippen LogP contribution in [0.3, 0.4) is 0 Å². The number of halogens is 3. The number of ether oxygens (including phenoxy) is 2. The molecule has 0 radical (unpaired) electrons. The highest BCUT2D eigenvalue weighted by atomic mass is 19.4. The summed E-state index contributed by atoms with van der Waals surface area (Å²) >= 11 is 0. The van der Waals surface area contributed by atoms with Crippen LogP contribution >= 0.6 is 0 Å². The number of benzene rings is 1. The lowest BCUT2D eigenvalue weighted by molar-refractivity contribution is -0.150. The normalized spacial score (nSPS) is 16.5. The highest BCUT2D eigenvalue weighted by Gasteiger charge is 2.37. The Bertz CT molecular complexity index is 1100. The van der Waals surface area contributed by atoms with E-state index in [1.54, 1.807) is 31.4 Å². The van der Waals surface area contributed by atoms with Crippen LogP contribution in [-0.4, -0.2) is 36.1 Å². The maximum Gasteiger partial charge on any atom is 0.419 e. The van der Waals surface area contributed by atoms with E-state index in [0.29, 0.717) is 36.7 Å². The van der Waals surface area contributed by atoms with Gasteiger partial charge in [-0.2, -0.15) is 13.2 Å². The monoisotopic (exact) mass is 461 g/mol. The first-order valence-corrected chi connectivity index (χ1v) is 10.4. The zero-order valence-corrected chi connectivity index (χ0v) is 17.8. The molecule has 0 saturated carbocycles. The SMILES string of the molecule is COc1ccc(-c2nc(COC(=O)C3CCCN(c4ncccc4C(F)(F)F)C3)co2)cc1. The van der Waals surface area contributed by atoms with Gasteiger partial charge in [-0.15, -0.1) is 0 Å². The Morgan fingerprint density at radius 3 is 2.76 bits per heavy atom. The summed E-state index contributed by atoms with van der Waals surface area (Å²) in [6.07, 6.45) is -0.717. The number of oxazole rings is 1. The molecule has 3 aromatic rings. The lowest BCUT2D eigenvalue weighted by atomic mass is 9.97. The Hall–Kier alpha value is -3.56. The third-order valence-electron chi connectivity index (χ3n) is 5.40. The van der Waals surface area contributed by atoms with E-state index in [4.69, 9.17) is 13.9 Å². The second kappa shape index (κ2) is 9.51. The molecule has 1 aliphatic rings. The largest absolute Gasteiger partial charge is 0.497 e. The number of alkyl halides is 3. The van der Waals surface area contributed by atoms with Crippen LogP contribution in [0.15, 0.2) is 53.3 Å². The molecule has 1 unspecified atom stereocenters. The van der Waals surface area contributed by atoms with Gasteiger partial charge in [0.25, 0.3) is 0 Å². The fourth-order valence-corrected chi connectivity index (χ4v) is 3.73. The van der Waals surface area contributed by atoms with Crippen molar-refractivity contribution >= 4 is 11.8 Å². The number of carbonyl (C=O) groups excluding carboxylic acids is 1. The van der Waals surface area contributed by atoms with Gasteiger partial charge in [-0.25, -0.2) is 9.97 Å². The first kappa shape index (κ1) is 22.6. The lowest BCUT2D eigenvalue weighted by Crippen LogP contribution is -2.40. The van der Waals surface area contributed by atoms with Crippen molar-refractivity contribution in [3.05, 3.63) is 60.1 Å². The van der Waals surface area contributed by atoms with Crippen molar-refractivity contribution in [1.82, 2.24) is 9.97 Å². The first-order chi connectivity index (χ1) is 15.8. The van der Waals surface area contributed by atoms with E-state index in [1.165, 1.54) is 23.4 Å². The Morgan fingerprint density at radius 1 is 1.24 bits per heavy atom. The van der Waals surface area contributed by atoms with E-state index in [2.05, 4.69) is 9.97 Å². The molecule has 0 amide bonds. The molecule has 0 N–H and O–H groups in total. The Labute approximate surface area is 188 Å². The summed E-state index contributed by atoms with van der Waals surface area (Å²) in [5, 5.41) is 0. The highest BCUT2D eigenvalue weighted by molar-refractivity contribution is 5.73.